The van der Waals surface area contributed by atoms with Crippen molar-refractivity contribution in [2.75, 3.05) is 11.9 Å². The summed E-state index contributed by atoms with van der Waals surface area (Å²) in [4.78, 5) is 24.1. The predicted molar refractivity (Wildman–Crippen MR) is 149 cm³/mol. The first kappa shape index (κ1) is 24.4. The summed E-state index contributed by atoms with van der Waals surface area (Å²) in [5.41, 5.74) is 12.1. The van der Waals surface area contributed by atoms with Crippen molar-refractivity contribution in [3.8, 4) is 28.6 Å². The third-order valence-corrected chi connectivity index (χ3v) is 8.29. The maximum absolute atomic E-state index is 14.8. The average molecular weight is 535 g/mol. The predicted octanol–water partition coefficient (Wildman–Crippen LogP) is 4.46. The maximum atomic E-state index is 14.8. The van der Waals surface area contributed by atoms with E-state index in [4.69, 9.17) is 15.7 Å². The number of nitriles is 1. The number of nitrogens with zero attached hydrogens (tertiary/aromatic N) is 7. The molecule has 1 saturated carbocycles. The molecule has 2 aromatic carbocycles. The number of carbonyl (C=O) groups is 1. The van der Waals surface area contributed by atoms with E-state index in [0.717, 1.165) is 65.6 Å². The highest BCUT2D eigenvalue weighted by atomic mass is 19.1. The summed E-state index contributed by atoms with van der Waals surface area (Å²) < 4.78 is 18.6. The Morgan fingerprint density at radius 3 is 2.88 bits per heavy atom. The molecule has 2 N–H and O–H groups in total. The molecule has 9 nitrogen and oxygen atoms in total. The standard InChI is InChI=1S/C30H27FN8O/c1-37-25-13-20(11-21-15-35-39(28(21)25)16-26(37)40)29-27(18-5-6-19(14-32)23(31)12-18)36-30-24(34-7-8-38(29)30)10-17-3-2-4-22(33)9-17/h5-8,11-13,15,17,22H,2-4,9-10,16,33H2,1H3/t17?,22-/m1/s1. The van der Waals surface area contributed by atoms with Crippen LogP contribution < -0.4 is 10.6 Å². The third kappa shape index (κ3) is 3.85. The van der Waals surface area contributed by atoms with Crippen LogP contribution in [0.3, 0.4) is 0 Å². The quantitative estimate of drug-likeness (QED) is 0.364. The van der Waals surface area contributed by atoms with E-state index in [0.29, 0.717) is 22.8 Å². The van der Waals surface area contributed by atoms with Crippen LogP contribution in [0.1, 0.15) is 36.9 Å². The molecule has 0 radical (unpaired) electrons. The first-order valence-electron chi connectivity index (χ1n) is 13.5. The van der Waals surface area contributed by atoms with Gasteiger partial charge in [-0.05, 0) is 55.9 Å². The summed E-state index contributed by atoms with van der Waals surface area (Å²) in [6, 6.07) is 10.6. The van der Waals surface area contributed by atoms with Gasteiger partial charge in [0.05, 0.1) is 40.0 Å². The Morgan fingerprint density at radius 1 is 1.20 bits per heavy atom. The van der Waals surface area contributed by atoms with Gasteiger partial charge in [-0.3, -0.25) is 18.9 Å². The van der Waals surface area contributed by atoms with E-state index in [1.807, 2.05) is 28.8 Å². The van der Waals surface area contributed by atoms with Crippen molar-refractivity contribution in [2.45, 2.75) is 44.7 Å². The number of hydrogen-bond acceptors (Lipinski definition) is 6. The van der Waals surface area contributed by atoms with Crippen LogP contribution in [0.15, 0.2) is 48.9 Å². The van der Waals surface area contributed by atoms with Gasteiger partial charge in [-0.25, -0.2) is 9.37 Å². The van der Waals surface area contributed by atoms with Gasteiger partial charge in [-0.15, -0.1) is 0 Å². The van der Waals surface area contributed by atoms with Gasteiger partial charge >= 0.3 is 0 Å². The fourth-order valence-corrected chi connectivity index (χ4v) is 6.29. The minimum absolute atomic E-state index is 0.0246. The zero-order valence-electron chi connectivity index (χ0n) is 22.0. The van der Waals surface area contributed by atoms with E-state index < -0.39 is 5.82 Å². The van der Waals surface area contributed by atoms with Gasteiger partial charge in [-0.1, -0.05) is 12.5 Å². The van der Waals surface area contributed by atoms with Gasteiger partial charge in [0, 0.05) is 42.0 Å². The van der Waals surface area contributed by atoms with Gasteiger partial charge in [0.15, 0.2) is 5.65 Å². The zero-order chi connectivity index (χ0) is 27.5. The minimum atomic E-state index is -0.602. The normalized spacial score (nSPS) is 18.9. The molecule has 0 bridgehead atoms. The molecule has 1 amide bonds. The monoisotopic (exact) mass is 534 g/mol. The molecule has 2 atom stereocenters. The number of likely N-dealkylation sites (N-methyl/N-ethyl adjacent to an activating group) is 1. The molecule has 1 unspecified atom stereocenters. The summed E-state index contributed by atoms with van der Waals surface area (Å²) >= 11 is 0. The minimum Gasteiger partial charge on any atom is -0.328 e. The fraction of sp³-hybridized carbons (Fsp3) is 0.300. The number of halogens is 1. The highest BCUT2D eigenvalue weighted by Crippen LogP contribution is 2.40. The molecule has 1 aliphatic carbocycles. The zero-order valence-corrected chi connectivity index (χ0v) is 22.0. The number of anilines is 1. The second-order valence-electron chi connectivity index (χ2n) is 10.9. The summed E-state index contributed by atoms with van der Waals surface area (Å²) in [6.45, 7) is 0.192. The first-order chi connectivity index (χ1) is 19.4. The fourth-order valence-electron chi connectivity index (χ4n) is 6.29. The lowest BCUT2D eigenvalue weighted by atomic mass is 9.83. The smallest absolute Gasteiger partial charge is 0.248 e. The highest BCUT2D eigenvalue weighted by molar-refractivity contribution is 6.07. The third-order valence-electron chi connectivity index (χ3n) is 8.29. The summed E-state index contributed by atoms with van der Waals surface area (Å²) in [6.07, 6.45) is 10.4. The summed E-state index contributed by atoms with van der Waals surface area (Å²) in [5.74, 6) is -0.237. The van der Waals surface area contributed by atoms with E-state index in [-0.39, 0.29) is 24.1 Å². The Morgan fingerprint density at radius 2 is 2.08 bits per heavy atom. The molecule has 4 heterocycles. The molecule has 0 saturated heterocycles. The van der Waals surface area contributed by atoms with Gasteiger partial charge in [0.1, 0.15) is 18.4 Å². The summed E-state index contributed by atoms with van der Waals surface area (Å²) in [7, 11) is 1.76. The molecule has 1 fully saturated rings. The lowest BCUT2D eigenvalue weighted by Gasteiger charge is -2.26. The number of rotatable bonds is 4. The van der Waals surface area contributed by atoms with Crippen LogP contribution in [-0.4, -0.2) is 43.1 Å². The van der Waals surface area contributed by atoms with E-state index in [9.17, 15) is 14.4 Å². The molecule has 3 aromatic heterocycles. The highest BCUT2D eigenvalue weighted by Gasteiger charge is 2.28. The number of nitrogens with two attached hydrogens (primary N) is 1. The van der Waals surface area contributed by atoms with Gasteiger partial charge in [0.2, 0.25) is 5.91 Å². The second-order valence-corrected chi connectivity index (χ2v) is 10.9. The van der Waals surface area contributed by atoms with Crippen molar-refractivity contribution < 1.29 is 9.18 Å². The van der Waals surface area contributed by atoms with Crippen LogP contribution in [-0.2, 0) is 17.8 Å². The molecule has 0 spiro atoms. The van der Waals surface area contributed by atoms with Gasteiger partial charge in [-0.2, -0.15) is 10.4 Å². The number of fused-ring (bicyclic) bond motifs is 1. The second kappa shape index (κ2) is 9.24. The number of aromatic nitrogens is 5. The van der Waals surface area contributed by atoms with Crippen molar-refractivity contribution in [2.24, 2.45) is 11.7 Å². The maximum Gasteiger partial charge on any atom is 0.248 e. The van der Waals surface area contributed by atoms with E-state index >= 15 is 0 Å². The van der Waals surface area contributed by atoms with Crippen molar-refractivity contribution in [1.29, 1.82) is 5.26 Å². The van der Waals surface area contributed by atoms with E-state index in [1.54, 1.807) is 35.1 Å². The molecule has 10 heteroatoms. The Balaban J connectivity index is 1.46. The van der Waals surface area contributed by atoms with E-state index in [2.05, 4.69) is 5.10 Å². The molecule has 2 aliphatic rings. The molecule has 5 aromatic rings. The molecular formula is C30H27FN8O. The topological polar surface area (TPSA) is 118 Å². The van der Waals surface area contributed by atoms with Crippen LogP contribution in [0.5, 0.6) is 0 Å². The van der Waals surface area contributed by atoms with Crippen LogP contribution in [0.4, 0.5) is 10.1 Å². The van der Waals surface area contributed by atoms with Crippen LogP contribution in [0.2, 0.25) is 0 Å². The Kier molecular flexibility index (Phi) is 5.64. The number of benzene rings is 2. The SMILES string of the molecule is CN1C(=O)Cn2ncc3cc(-c4c(-c5ccc(C#N)c(F)c5)nc5c(CC6CCC[C@@H](N)C6)nccn45)cc1c32. The average Bonchev–Trinajstić information content (AvgIpc) is 3.54. The number of imidazole rings is 1. The van der Waals surface area contributed by atoms with Crippen LogP contribution in [0.25, 0.3) is 39.1 Å². The van der Waals surface area contributed by atoms with Crippen molar-refractivity contribution in [1.82, 2.24) is 24.1 Å². The Bertz CT molecular complexity index is 1870. The Hall–Kier alpha value is -4.62. The number of amides is 1. The molecule has 1 aliphatic heterocycles. The Labute approximate surface area is 229 Å². The van der Waals surface area contributed by atoms with Crippen molar-refractivity contribution in [3.05, 3.63) is 66.0 Å². The van der Waals surface area contributed by atoms with Gasteiger partial charge in [0.25, 0.3) is 0 Å². The largest absolute Gasteiger partial charge is 0.328 e. The van der Waals surface area contributed by atoms with Crippen LogP contribution >= 0.6 is 0 Å². The molecule has 7 rings (SSSR count). The number of hydrogen-bond donors (Lipinski definition) is 1. The van der Waals surface area contributed by atoms with Crippen molar-refractivity contribution >= 4 is 28.1 Å². The summed E-state index contributed by atoms with van der Waals surface area (Å²) in [5, 5.41) is 14.6. The van der Waals surface area contributed by atoms with Crippen LogP contribution in [0, 0.1) is 23.1 Å². The molecule has 40 heavy (non-hydrogen) atoms. The molecular weight excluding hydrogens is 507 g/mol. The first-order valence-corrected chi connectivity index (χ1v) is 13.5. The lowest BCUT2D eigenvalue weighted by Crippen LogP contribution is -2.34. The molecule has 200 valence electrons. The van der Waals surface area contributed by atoms with Crippen molar-refractivity contribution in [3.63, 3.8) is 0 Å². The number of carbonyl (C=O) groups excluding carboxylic acids is 1. The van der Waals surface area contributed by atoms with E-state index in [1.165, 1.54) is 12.1 Å². The lowest BCUT2D eigenvalue weighted by molar-refractivity contribution is -0.119. The van der Waals surface area contributed by atoms with Gasteiger partial charge < -0.3 is 10.6 Å².